The van der Waals surface area contributed by atoms with E-state index in [-0.39, 0.29) is 5.91 Å². The van der Waals surface area contributed by atoms with Crippen molar-refractivity contribution in [3.8, 4) is 0 Å². The number of carbonyl (C=O) groups is 1. The molecule has 0 aliphatic carbocycles. The topological polar surface area (TPSA) is 67.2 Å². The van der Waals surface area contributed by atoms with Crippen LogP contribution in [0.4, 0.5) is 0 Å². The normalized spacial score (nSPS) is 14.0. The van der Waals surface area contributed by atoms with Crippen LogP contribution in [0.25, 0.3) is 0 Å². The van der Waals surface area contributed by atoms with Crippen LogP contribution in [0.3, 0.4) is 0 Å². The lowest BCUT2D eigenvalue weighted by Crippen LogP contribution is -2.46. The highest BCUT2D eigenvalue weighted by atomic mass is 16.2. The molecule has 2 atom stereocenters. The number of carbonyl (C=O) groups excluding carboxylic acids is 1. The van der Waals surface area contributed by atoms with Crippen molar-refractivity contribution < 1.29 is 4.79 Å². The Morgan fingerprint density at radius 3 is 2.44 bits per heavy atom. The van der Waals surface area contributed by atoms with E-state index in [2.05, 4.69) is 36.8 Å². The second-order valence-electron chi connectivity index (χ2n) is 4.60. The van der Waals surface area contributed by atoms with E-state index in [9.17, 15) is 4.79 Å². The average molecular weight is 249 g/mol. The van der Waals surface area contributed by atoms with Gasteiger partial charge in [0.1, 0.15) is 0 Å². The van der Waals surface area contributed by atoms with E-state index in [4.69, 9.17) is 5.73 Å². The summed E-state index contributed by atoms with van der Waals surface area (Å²) in [5.74, 6) is 0.379. The van der Waals surface area contributed by atoms with E-state index in [0.717, 1.165) is 12.0 Å². The molecule has 0 saturated heterocycles. The monoisotopic (exact) mass is 249 g/mol. The SMILES string of the molecule is CCC(C)c1ccc(CC(N)C(=O)NNC)cc1. The van der Waals surface area contributed by atoms with Gasteiger partial charge in [0, 0.05) is 7.05 Å². The zero-order valence-corrected chi connectivity index (χ0v) is 11.4. The predicted molar refractivity (Wildman–Crippen MR) is 74.0 cm³/mol. The summed E-state index contributed by atoms with van der Waals surface area (Å²) in [5, 5.41) is 0. The van der Waals surface area contributed by atoms with Gasteiger partial charge in [0.2, 0.25) is 0 Å². The van der Waals surface area contributed by atoms with Crippen molar-refractivity contribution in [3.63, 3.8) is 0 Å². The molecule has 0 spiro atoms. The predicted octanol–water partition coefficient (Wildman–Crippen LogP) is 1.32. The van der Waals surface area contributed by atoms with Crippen LogP contribution >= 0.6 is 0 Å². The molecule has 4 nitrogen and oxygen atoms in total. The number of nitrogens with two attached hydrogens (primary N) is 1. The molecule has 0 heterocycles. The zero-order valence-electron chi connectivity index (χ0n) is 11.4. The Labute approximate surface area is 109 Å². The van der Waals surface area contributed by atoms with Gasteiger partial charge < -0.3 is 5.73 Å². The van der Waals surface area contributed by atoms with Crippen molar-refractivity contribution in [2.75, 3.05) is 7.05 Å². The molecule has 0 radical (unpaired) electrons. The fourth-order valence-electron chi connectivity index (χ4n) is 1.78. The molecule has 18 heavy (non-hydrogen) atoms. The Morgan fingerprint density at radius 1 is 1.33 bits per heavy atom. The maximum Gasteiger partial charge on any atom is 0.251 e. The number of benzene rings is 1. The molecule has 4 heteroatoms. The van der Waals surface area contributed by atoms with Crippen LogP contribution in [0.1, 0.15) is 37.3 Å². The molecule has 0 aliphatic rings. The van der Waals surface area contributed by atoms with Gasteiger partial charge in [-0.15, -0.1) is 0 Å². The molecule has 0 saturated carbocycles. The van der Waals surface area contributed by atoms with Crippen LogP contribution in [0.2, 0.25) is 0 Å². The number of hydrogen-bond donors (Lipinski definition) is 3. The Balaban J connectivity index is 2.60. The van der Waals surface area contributed by atoms with Gasteiger partial charge in [0.15, 0.2) is 0 Å². The van der Waals surface area contributed by atoms with Crippen molar-refractivity contribution in [1.82, 2.24) is 10.9 Å². The highest BCUT2D eigenvalue weighted by molar-refractivity contribution is 5.81. The smallest absolute Gasteiger partial charge is 0.251 e. The number of hydrazine groups is 1. The molecule has 1 rings (SSSR count). The fraction of sp³-hybridized carbons (Fsp3) is 0.500. The van der Waals surface area contributed by atoms with Crippen molar-refractivity contribution in [2.45, 2.75) is 38.6 Å². The first-order chi connectivity index (χ1) is 8.58. The molecule has 0 aliphatic heterocycles. The zero-order chi connectivity index (χ0) is 13.5. The Bertz CT molecular complexity index is 375. The second kappa shape index (κ2) is 7.13. The minimum Gasteiger partial charge on any atom is -0.320 e. The summed E-state index contributed by atoms with van der Waals surface area (Å²) in [6.07, 6.45) is 1.68. The van der Waals surface area contributed by atoms with Crippen LogP contribution in [-0.2, 0) is 11.2 Å². The first-order valence-corrected chi connectivity index (χ1v) is 6.39. The minimum absolute atomic E-state index is 0.191. The van der Waals surface area contributed by atoms with E-state index < -0.39 is 6.04 Å². The lowest BCUT2D eigenvalue weighted by atomic mass is 9.96. The number of rotatable bonds is 6. The number of hydrogen-bond acceptors (Lipinski definition) is 3. The summed E-state index contributed by atoms with van der Waals surface area (Å²) in [7, 11) is 1.64. The molecule has 0 aromatic heterocycles. The molecular weight excluding hydrogens is 226 g/mol. The molecular formula is C14H23N3O. The first kappa shape index (κ1) is 14.7. The van der Waals surface area contributed by atoms with E-state index in [0.29, 0.717) is 12.3 Å². The third kappa shape index (κ3) is 4.13. The van der Waals surface area contributed by atoms with Gasteiger partial charge in [-0.25, -0.2) is 5.43 Å². The van der Waals surface area contributed by atoms with E-state index in [1.54, 1.807) is 7.05 Å². The number of amides is 1. The molecule has 0 fully saturated rings. The lowest BCUT2D eigenvalue weighted by molar-refractivity contribution is -0.123. The fourth-order valence-corrected chi connectivity index (χ4v) is 1.78. The van der Waals surface area contributed by atoms with Gasteiger partial charge in [-0.05, 0) is 29.9 Å². The Morgan fingerprint density at radius 2 is 1.94 bits per heavy atom. The third-order valence-electron chi connectivity index (χ3n) is 3.20. The van der Waals surface area contributed by atoms with Gasteiger partial charge in [-0.3, -0.25) is 10.2 Å². The van der Waals surface area contributed by atoms with Gasteiger partial charge >= 0.3 is 0 Å². The molecule has 1 aromatic rings. The first-order valence-electron chi connectivity index (χ1n) is 6.39. The maximum absolute atomic E-state index is 11.5. The molecule has 0 bridgehead atoms. The molecule has 100 valence electrons. The maximum atomic E-state index is 11.5. The third-order valence-corrected chi connectivity index (χ3v) is 3.20. The quantitative estimate of drug-likeness (QED) is 0.666. The highest BCUT2D eigenvalue weighted by Gasteiger charge is 2.13. The minimum atomic E-state index is -0.521. The van der Waals surface area contributed by atoms with Crippen molar-refractivity contribution >= 4 is 5.91 Å². The summed E-state index contributed by atoms with van der Waals surface area (Å²) in [5.41, 5.74) is 13.3. The van der Waals surface area contributed by atoms with Gasteiger partial charge in [0.05, 0.1) is 6.04 Å². The van der Waals surface area contributed by atoms with E-state index >= 15 is 0 Å². The standard InChI is InChI=1S/C14H23N3O/c1-4-10(2)12-7-5-11(6-8-12)9-13(15)14(18)17-16-3/h5-8,10,13,16H,4,9,15H2,1-3H3,(H,17,18). The van der Waals surface area contributed by atoms with Crippen LogP contribution in [-0.4, -0.2) is 19.0 Å². The Kier molecular flexibility index (Phi) is 5.82. The second-order valence-corrected chi connectivity index (χ2v) is 4.60. The molecule has 1 amide bonds. The molecule has 1 aromatic carbocycles. The van der Waals surface area contributed by atoms with Crippen LogP contribution in [0.5, 0.6) is 0 Å². The van der Waals surface area contributed by atoms with E-state index in [1.807, 2.05) is 12.1 Å². The van der Waals surface area contributed by atoms with Crippen LogP contribution in [0, 0.1) is 0 Å². The summed E-state index contributed by atoms with van der Waals surface area (Å²) in [6.45, 7) is 4.39. The van der Waals surface area contributed by atoms with Gasteiger partial charge in [0.25, 0.3) is 5.91 Å². The molecule has 4 N–H and O–H groups in total. The summed E-state index contributed by atoms with van der Waals surface area (Å²) in [4.78, 5) is 11.5. The van der Waals surface area contributed by atoms with Crippen molar-refractivity contribution in [1.29, 1.82) is 0 Å². The highest BCUT2D eigenvalue weighted by Crippen LogP contribution is 2.19. The van der Waals surface area contributed by atoms with Crippen molar-refractivity contribution in [3.05, 3.63) is 35.4 Å². The average Bonchev–Trinajstić information content (AvgIpc) is 2.39. The van der Waals surface area contributed by atoms with Crippen LogP contribution in [0.15, 0.2) is 24.3 Å². The summed E-state index contributed by atoms with van der Waals surface area (Å²) < 4.78 is 0. The summed E-state index contributed by atoms with van der Waals surface area (Å²) >= 11 is 0. The van der Waals surface area contributed by atoms with Crippen molar-refractivity contribution in [2.24, 2.45) is 5.73 Å². The van der Waals surface area contributed by atoms with Gasteiger partial charge in [-0.1, -0.05) is 38.1 Å². The lowest BCUT2D eigenvalue weighted by Gasteiger charge is -2.13. The summed E-state index contributed by atoms with van der Waals surface area (Å²) in [6, 6.07) is 7.81. The van der Waals surface area contributed by atoms with E-state index in [1.165, 1.54) is 5.56 Å². The van der Waals surface area contributed by atoms with Crippen LogP contribution < -0.4 is 16.6 Å². The molecule has 2 unspecified atom stereocenters. The largest absolute Gasteiger partial charge is 0.320 e. The Hall–Kier alpha value is -1.39. The number of nitrogens with one attached hydrogen (secondary N) is 2. The van der Waals surface area contributed by atoms with Gasteiger partial charge in [-0.2, -0.15) is 0 Å².